The zero-order valence-corrected chi connectivity index (χ0v) is 18.1. The van der Waals surface area contributed by atoms with Crippen LogP contribution < -0.4 is 10.1 Å². The molecule has 154 valence electrons. The van der Waals surface area contributed by atoms with Crippen LogP contribution >= 0.6 is 23.1 Å². The van der Waals surface area contributed by atoms with Gasteiger partial charge < -0.3 is 10.1 Å². The van der Waals surface area contributed by atoms with Crippen molar-refractivity contribution >= 4 is 34.7 Å². The van der Waals surface area contributed by atoms with Crippen LogP contribution in [-0.2, 0) is 0 Å². The Bertz CT molecular complexity index is 1300. The lowest BCUT2D eigenvalue weighted by Crippen LogP contribution is -2.32. The standard InChI is InChI=1S/C23H17FN4OS2/c1-30-23-26-22-25-19-15-5-2-3-6-16(15)29-21(13-8-10-14(24)11-9-13)18(19)20(28(22)27-23)17-7-4-12-31-17/h2-12,20-21H,1H3,(H,25,26,27)/t20-,21-/m0/s1. The minimum atomic E-state index is -0.389. The van der Waals surface area contributed by atoms with Gasteiger partial charge in [0.05, 0.1) is 5.70 Å². The van der Waals surface area contributed by atoms with Crippen LogP contribution in [0.4, 0.5) is 10.3 Å². The van der Waals surface area contributed by atoms with Gasteiger partial charge in [-0.05, 0) is 47.5 Å². The highest BCUT2D eigenvalue weighted by Gasteiger charge is 2.41. The van der Waals surface area contributed by atoms with Crippen molar-refractivity contribution in [1.82, 2.24) is 14.8 Å². The van der Waals surface area contributed by atoms with Crippen molar-refractivity contribution in [2.24, 2.45) is 0 Å². The number of thiophene rings is 1. The van der Waals surface area contributed by atoms with E-state index >= 15 is 0 Å². The van der Waals surface area contributed by atoms with Crippen molar-refractivity contribution in [2.45, 2.75) is 17.3 Å². The van der Waals surface area contributed by atoms with Crippen molar-refractivity contribution in [2.75, 3.05) is 11.6 Å². The highest BCUT2D eigenvalue weighted by atomic mass is 32.2. The molecular weight excluding hydrogens is 431 g/mol. The number of anilines is 1. The molecule has 0 unspecified atom stereocenters. The van der Waals surface area contributed by atoms with Crippen LogP contribution in [0.1, 0.15) is 28.1 Å². The molecule has 0 amide bonds. The summed E-state index contributed by atoms with van der Waals surface area (Å²) in [5.74, 6) is 1.22. The summed E-state index contributed by atoms with van der Waals surface area (Å²) < 4.78 is 22.1. The number of ether oxygens (including phenoxy) is 1. The average Bonchev–Trinajstić information content (AvgIpc) is 3.47. The summed E-state index contributed by atoms with van der Waals surface area (Å²) >= 11 is 3.18. The zero-order chi connectivity index (χ0) is 20.9. The first kappa shape index (κ1) is 18.7. The molecule has 0 bridgehead atoms. The Hall–Kier alpha value is -3.10. The third kappa shape index (κ3) is 2.97. The van der Waals surface area contributed by atoms with Crippen LogP contribution in [0.2, 0.25) is 0 Å². The second kappa shape index (κ2) is 7.25. The largest absolute Gasteiger partial charge is 0.480 e. The van der Waals surface area contributed by atoms with E-state index in [1.54, 1.807) is 23.5 Å². The highest BCUT2D eigenvalue weighted by Crippen LogP contribution is 2.51. The normalized spacial score (nSPS) is 19.2. The fraction of sp³-hybridized carbons (Fsp3) is 0.130. The van der Waals surface area contributed by atoms with Gasteiger partial charge in [-0.25, -0.2) is 9.07 Å². The number of hydrogen-bond donors (Lipinski definition) is 1. The molecule has 2 aromatic heterocycles. The van der Waals surface area contributed by atoms with E-state index in [9.17, 15) is 4.39 Å². The molecule has 2 aliphatic rings. The number of benzene rings is 2. The van der Waals surface area contributed by atoms with Gasteiger partial charge in [-0.1, -0.05) is 42.1 Å². The van der Waals surface area contributed by atoms with E-state index in [2.05, 4.69) is 21.7 Å². The quantitative estimate of drug-likeness (QED) is 0.404. The SMILES string of the molecule is CSc1nc2n(n1)[C@@H](c1cccs1)C1=C(N2)c2ccccc2O[C@H]1c1ccc(F)cc1. The minimum Gasteiger partial charge on any atom is -0.480 e. The van der Waals surface area contributed by atoms with E-state index in [1.807, 2.05) is 41.3 Å². The predicted octanol–water partition coefficient (Wildman–Crippen LogP) is 5.76. The zero-order valence-electron chi connectivity index (χ0n) is 16.4. The molecule has 0 aliphatic carbocycles. The van der Waals surface area contributed by atoms with Crippen LogP contribution in [0.5, 0.6) is 5.75 Å². The first-order chi connectivity index (χ1) is 15.2. The third-order valence-corrected chi connectivity index (χ3v) is 6.99. The molecule has 2 aliphatic heterocycles. The maximum atomic E-state index is 13.7. The fourth-order valence-electron chi connectivity index (χ4n) is 4.18. The molecule has 5 nitrogen and oxygen atoms in total. The summed E-state index contributed by atoms with van der Waals surface area (Å²) in [6, 6.07) is 18.5. The predicted molar refractivity (Wildman–Crippen MR) is 121 cm³/mol. The smallest absolute Gasteiger partial charge is 0.227 e. The Morgan fingerprint density at radius 1 is 1.10 bits per heavy atom. The molecule has 2 aromatic carbocycles. The van der Waals surface area contributed by atoms with Crippen molar-refractivity contribution < 1.29 is 9.13 Å². The topological polar surface area (TPSA) is 52.0 Å². The number of nitrogens with one attached hydrogen (secondary N) is 1. The van der Waals surface area contributed by atoms with E-state index in [1.165, 1.54) is 23.9 Å². The Morgan fingerprint density at radius 2 is 1.94 bits per heavy atom. The van der Waals surface area contributed by atoms with Gasteiger partial charge in [0.15, 0.2) is 0 Å². The van der Waals surface area contributed by atoms with Crippen molar-refractivity contribution in [1.29, 1.82) is 0 Å². The first-order valence-corrected chi connectivity index (χ1v) is 11.9. The van der Waals surface area contributed by atoms with Gasteiger partial charge in [-0.15, -0.1) is 16.4 Å². The number of nitrogens with zero attached hydrogens (tertiary/aromatic N) is 3. The number of halogens is 1. The Morgan fingerprint density at radius 3 is 2.71 bits per heavy atom. The van der Waals surface area contributed by atoms with Crippen molar-refractivity contribution in [3.05, 3.63) is 93.4 Å². The van der Waals surface area contributed by atoms with Gasteiger partial charge in [-0.2, -0.15) is 4.98 Å². The number of thioether (sulfide) groups is 1. The molecule has 6 rings (SSSR count). The van der Waals surface area contributed by atoms with Crippen LogP contribution in [0.25, 0.3) is 5.70 Å². The Labute approximate surface area is 186 Å². The molecule has 4 heterocycles. The van der Waals surface area contributed by atoms with Gasteiger partial charge in [0.25, 0.3) is 0 Å². The number of aromatic nitrogens is 3. The Kier molecular flexibility index (Phi) is 4.36. The van der Waals surface area contributed by atoms with Crippen molar-refractivity contribution in [3.63, 3.8) is 0 Å². The Balaban J connectivity index is 1.62. The van der Waals surface area contributed by atoms with E-state index in [0.29, 0.717) is 11.1 Å². The number of para-hydroxylation sites is 1. The lowest BCUT2D eigenvalue weighted by atomic mass is 9.87. The molecule has 8 heteroatoms. The van der Waals surface area contributed by atoms with Gasteiger partial charge in [-0.3, -0.25) is 0 Å². The molecular formula is C23H17FN4OS2. The van der Waals surface area contributed by atoms with Gasteiger partial charge in [0.1, 0.15) is 23.7 Å². The second-order valence-electron chi connectivity index (χ2n) is 7.29. The summed E-state index contributed by atoms with van der Waals surface area (Å²) in [6.07, 6.45) is 1.58. The molecule has 0 spiro atoms. The summed E-state index contributed by atoms with van der Waals surface area (Å²) in [4.78, 5) is 5.83. The molecule has 0 saturated heterocycles. The average molecular weight is 449 g/mol. The number of rotatable bonds is 3. The summed E-state index contributed by atoms with van der Waals surface area (Å²) in [6.45, 7) is 0. The number of hydrogen-bond acceptors (Lipinski definition) is 6. The maximum absolute atomic E-state index is 13.7. The van der Waals surface area contributed by atoms with Crippen LogP contribution in [0.3, 0.4) is 0 Å². The van der Waals surface area contributed by atoms with E-state index < -0.39 is 0 Å². The van der Waals surface area contributed by atoms with Crippen molar-refractivity contribution in [3.8, 4) is 5.75 Å². The minimum absolute atomic E-state index is 0.178. The maximum Gasteiger partial charge on any atom is 0.227 e. The van der Waals surface area contributed by atoms with Gasteiger partial charge in [0, 0.05) is 16.0 Å². The molecule has 1 N–H and O–H groups in total. The third-order valence-electron chi connectivity index (χ3n) is 5.53. The van der Waals surface area contributed by atoms with Gasteiger partial charge >= 0.3 is 0 Å². The van der Waals surface area contributed by atoms with E-state index in [0.717, 1.165) is 33.0 Å². The highest BCUT2D eigenvalue weighted by molar-refractivity contribution is 7.98. The summed E-state index contributed by atoms with van der Waals surface area (Å²) in [5.41, 5.74) is 3.89. The fourth-order valence-corrected chi connectivity index (χ4v) is 5.35. The number of fused-ring (bicyclic) bond motifs is 3. The molecule has 0 saturated carbocycles. The van der Waals surface area contributed by atoms with Crippen LogP contribution in [0.15, 0.2) is 76.8 Å². The molecule has 0 fully saturated rings. The van der Waals surface area contributed by atoms with Crippen LogP contribution in [-0.4, -0.2) is 21.0 Å². The molecule has 0 radical (unpaired) electrons. The van der Waals surface area contributed by atoms with Crippen LogP contribution in [0, 0.1) is 5.82 Å². The summed E-state index contributed by atoms with van der Waals surface area (Å²) in [5, 5.41) is 11.0. The van der Waals surface area contributed by atoms with E-state index in [4.69, 9.17) is 9.84 Å². The summed E-state index contributed by atoms with van der Waals surface area (Å²) in [7, 11) is 0. The lowest BCUT2D eigenvalue weighted by Gasteiger charge is -2.38. The first-order valence-electron chi connectivity index (χ1n) is 9.79. The molecule has 31 heavy (non-hydrogen) atoms. The lowest BCUT2D eigenvalue weighted by molar-refractivity contribution is 0.223. The van der Waals surface area contributed by atoms with E-state index in [-0.39, 0.29) is 18.0 Å². The molecule has 2 atom stereocenters. The van der Waals surface area contributed by atoms with Gasteiger partial charge in [0.2, 0.25) is 11.1 Å². The second-order valence-corrected chi connectivity index (χ2v) is 9.04. The molecule has 4 aromatic rings. The monoisotopic (exact) mass is 448 g/mol.